The van der Waals surface area contributed by atoms with Crippen LogP contribution in [0.15, 0.2) is 6.33 Å². The van der Waals surface area contributed by atoms with Crippen LogP contribution in [0.3, 0.4) is 0 Å². The van der Waals surface area contributed by atoms with E-state index in [2.05, 4.69) is 32.1 Å². The number of likely N-dealkylation sites (N-methyl/N-ethyl adjacent to an activating group) is 1. The van der Waals surface area contributed by atoms with Crippen LogP contribution in [-0.4, -0.2) is 48.1 Å². The van der Waals surface area contributed by atoms with Crippen molar-refractivity contribution in [3.05, 3.63) is 17.6 Å². The van der Waals surface area contributed by atoms with E-state index in [9.17, 15) is 0 Å². The molecule has 0 unspecified atom stereocenters. The fourth-order valence-corrected chi connectivity index (χ4v) is 2.37. The van der Waals surface area contributed by atoms with Crippen LogP contribution in [0.5, 0.6) is 0 Å². The zero-order chi connectivity index (χ0) is 11.0. The van der Waals surface area contributed by atoms with E-state index in [1.54, 1.807) is 6.33 Å². The number of aromatic nitrogens is 2. The predicted octanol–water partition coefficient (Wildman–Crippen LogP) is -0.168. The summed E-state index contributed by atoms with van der Waals surface area (Å²) in [4.78, 5) is 13.5. The van der Waals surface area contributed by atoms with Crippen molar-refractivity contribution >= 4 is 5.82 Å². The van der Waals surface area contributed by atoms with Gasteiger partial charge in [-0.15, -0.1) is 0 Å². The van der Waals surface area contributed by atoms with E-state index in [0.29, 0.717) is 0 Å². The van der Waals surface area contributed by atoms with Crippen molar-refractivity contribution in [3.8, 4) is 0 Å². The SMILES string of the molecule is CN1CCN(c2ncnc3c2CNC3)CC1. The molecule has 0 spiro atoms. The lowest BCUT2D eigenvalue weighted by atomic mass is 10.2. The maximum absolute atomic E-state index is 4.46. The molecule has 1 fully saturated rings. The zero-order valence-electron chi connectivity index (χ0n) is 9.61. The molecule has 3 heterocycles. The summed E-state index contributed by atoms with van der Waals surface area (Å²) >= 11 is 0. The fraction of sp³-hybridized carbons (Fsp3) is 0.636. The van der Waals surface area contributed by atoms with Crippen LogP contribution in [0.1, 0.15) is 11.3 Å². The topological polar surface area (TPSA) is 44.3 Å². The van der Waals surface area contributed by atoms with Gasteiger partial charge in [0.1, 0.15) is 12.1 Å². The molecule has 0 bridgehead atoms. The number of anilines is 1. The second kappa shape index (κ2) is 3.99. The maximum atomic E-state index is 4.46. The summed E-state index contributed by atoms with van der Waals surface area (Å²) in [6, 6.07) is 0. The Hall–Kier alpha value is -1.20. The van der Waals surface area contributed by atoms with E-state index in [-0.39, 0.29) is 0 Å². The van der Waals surface area contributed by atoms with Crippen LogP contribution in [0.2, 0.25) is 0 Å². The predicted molar refractivity (Wildman–Crippen MR) is 62.3 cm³/mol. The highest BCUT2D eigenvalue weighted by atomic mass is 15.3. The Balaban J connectivity index is 1.87. The van der Waals surface area contributed by atoms with Crippen LogP contribution < -0.4 is 10.2 Å². The zero-order valence-corrected chi connectivity index (χ0v) is 9.61. The van der Waals surface area contributed by atoms with Crippen molar-refractivity contribution in [3.63, 3.8) is 0 Å². The molecule has 0 atom stereocenters. The molecule has 5 nitrogen and oxygen atoms in total. The molecule has 1 saturated heterocycles. The molecule has 3 rings (SSSR count). The normalized spacial score (nSPS) is 21.2. The quantitative estimate of drug-likeness (QED) is 0.710. The van der Waals surface area contributed by atoms with Crippen molar-refractivity contribution in [2.24, 2.45) is 0 Å². The first-order valence-corrected chi connectivity index (χ1v) is 5.81. The Bertz CT molecular complexity index is 384. The molecule has 0 saturated carbocycles. The minimum Gasteiger partial charge on any atom is -0.354 e. The van der Waals surface area contributed by atoms with Gasteiger partial charge in [-0.05, 0) is 7.05 Å². The van der Waals surface area contributed by atoms with Gasteiger partial charge in [0.2, 0.25) is 0 Å². The highest BCUT2D eigenvalue weighted by Crippen LogP contribution is 2.23. The second-order valence-corrected chi connectivity index (χ2v) is 4.52. The van der Waals surface area contributed by atoms with Gasteiger partial charge in [-0.1, -0.05) is 0 Å². The van der Waals surface area contributed by atoms with Crippen molar-refractivity contribution in [2.45, 2.75) is 13.1 Å². The summed E-state index contributed by atoms with van der Waals surface area (Å²) in [5, 5.41) is 3.34. The number of piperazine rings is 1. The van der Waals surface area contributed by atoms with Gasteiger partial charge in [-0.2, -0.15) is 0 Å². The molecule has 86 valence electrons. The van der Waals surface area contributed by atoms with Gasteiger partial charge < -0.3 is 15.1 Å². The number of fused-ring (bicyclic) bond motifs is 1. The summed E-state index contributed by atoms with van der Waals surface area (Å²) in [5.41, 5.74) is 2.47. The largest absolute Gasteiger partial charge is 0.354 e. The number of nitrogens with one attached hydrogen (secondary N) is 1. The molecule has 2 aliphatic heterocycles. The van der Waals surface area contributed by atoms with Gasteiger partial charge in [0.05, 0.1) is 5.69 Å². The molecule has 0 radical (unpaired) electrons. The third-order valence-electron chi connectivity index (χ3n) is 3.41. The average molecular weight is 219 g/mol. The van der Waals surface area contributed by atoms with Gasteiger partial charge in [-0.3, -0.25) is 0 Å². The molecule has 0 amide bonds. The lowest BCUT2D eigenvalue weighted by molar-refractivity contribution is 0.311. The first-order valence-electron chi connectivity index (χ1n) is 5.81. The molecular weight excluding hydrogens is 202 g/mol. The van der Waals surface area contributed by atoms with Crippen LogP contribution in [0.4, 0.5) is 5.82 Å². The fourth-order valence-electron chi connectivity index (χ4n) is 2.37. The highest BCUT2D eigenvalue weighted by molar-refractivity contribution is 5.50. The van der Waals surface area contributed by atoms with Gasteiger partial charge >= 0.3 is 0 Å². The lowest BCUT2D eigenvalue weighted by Crippen LogP contribution is -2.45. The Morgan fingerprint density at radius 2 is 1.94 bits per heavy atom. The van der Waals surface area contributed by atoms with Gasteiger partial charge in [-0.25, -0.2) is 9.97 Å². The van der Waals surface area contributed by atoms with Crippen molar-refractivity contribution in [1.82, 2.24) is 20.2 Å². The minimum atomic E-state index is 0.887. The van der Waals surface area contributed by atoms with E-state index < -0.39 is 0 Å². The highest BCUT2D eigenvalue weighted by Gasteiger charge is 2.22. The van der Waals surface area contributed by atoms with E-state index >= 15 is 0 Å². The van der Waals surface area contributed by atoms with Crippen molar-refractivity contribution in [1.29, 1.82) is 0 Å². The first kappa shape index (κ1) is 9.99. The lowest BCUT2D eigenvalue weighted by Gasteiger charge is -2.33. The van der Waals surface area contributed by atoms with Crippen LogP contribution in [-0.2, 0) is 13.1 Å². The maximum Gasteiger partial charge on any atom is 0.136 e. The smallest absolute Gasteiger partial charge is 0.136 e. The number of rotatable bonds is 1. The van der Waals surface area contributed by atoms with Crippen molar-refractivity contribution in [2.75, 3.05) is 38.1 Å². The Morgan fingerprint density at radius 1 is 1.12 bits per heavy atom. The molecule has 1 aromatic heterocycles. The third-order valence-corrected chi connectivity index (χ3v) is 3.41. The summed E-state index contributed by atoms with van der Waals surface area (Å²) in [5.74, 6) is 1.14. The van der Waals surface area contributed by atoms with Gasteiger partial charge in [0, 0.05) is 44.8 Å². The Kier molecular flexibility index (Phi) is 2.49. The molecule has 0 aromatic carbocycles. The summed E-state index contributed by atoms with van der Waals surface area (Å²) in [7, 11) is 2.17. The number of nitrogens with zero attached hydrogens (tertiary/aromatic N) is 4. The molecule has 2 aliphatic rings. The first-order chi connectivity index (χ1) is 7.84. The summed E-state index contributed by atoms with van der Waals surface area (Å²) < 4.78 is 0. The minimum absolute atomic E-state index is 0.887. The van der Waals surface area contributed by atoms with Gasteiger partial charge in [0.15, 0.2) is 0 Å². The summed E-state index contributed by atoms with van der Waals surface area (Å²) in [6.07, 6.45) is 1.69. The Morgan fingerprint density at radius 3 is 2.75 bits per heavy atom. The standard InChI is InChI=1S/C11H17N5/c1-15-2-4-16(5-3-15)11-9-6-12-7-10(9)13-8-14-11/h8,12H,2-7H2,1H3. The summed E-state index contributed by atoms with van der Waals surface area (Å²) in [6.45, 7) is 6.18. The van der Waals surface area contributed by atoms with E-state index in [4.69, 9.17) is 0 Å². The molecule has 0 aliphatic carbocycles. The monoisotopic (exact) mass is 219 g/mol. The molecule has 1 N–H and O–H groups in total. The van der Waals surface area contributed by atoms with Gasteiger partial charge in [0.25, 0.3) is 0 Å². The average Bonchev–Trinajstić information content (AvgIpc) is 2.78. The van der Waals surface area contributed by atoms with Crippen molar-refractivity contribution < 1.29 is 0 Å². The van der Waals surface area contributed by atoms with Crippen LogP contribution in [0.25, 0.3) is 0 Å². The van der Waals surface area contributed by atoms with Crippen LogP contribution in [0, 0.1) is 0 Å². The number of hydrogen-bond acceptors (Lipinski definition) is 5. The van der Waals surface area contributed by atoms with E-state index in [1.807, 2.05) is 0 Å². The molecule has 1 aromatic rings. The van der Waals surface area contributed by atoms with E-state index in [1.165, 1.54) is 11.3 Å². The molecule has 5 heteroatoms. The van der Waals surface area contributed by atoms with Crippen LogP contribution >= 0.6 is 0 Å². The molecular formula is C11H17N5. The third kappa shape index (κ3) is 1.66. The Labute approximate surface area is 95.5 Å². The molecule has 16 heavy (non-hydrogen) atoms. The second-order valence-electron chi connectivity index (χ2n) is 4.52. The number of hydrogen-bond donors (Lipinski definition) is 1. The van der Waals surface area contributed by atoms with E-state index in [0.717, 1.165) is 45.1 Å².